The predicted octanol–water partition coefficient (Wildman–Crippen LogP) is 2.71. The van der Waals surface area contributed by atoms with E-state index in [4.69, 9.17) is 10.00 Å². The average Bonchev–Trinajstić information content (AvgIpc) is 2.46. The van der Waals surface area contributed by atoms with Crippen LogP contribution in [0.15, 0.2) is 36.0 Å². The lowest BCUT2D eigenvalue weighted by molar-refractivity contribution is -0.135. The summed E-state index contributed by atoms with van der Waals surface area (Å²) in [5.74, 6) is 0.576. The molecule has 1 aromatic rings. The summed E-state index contributed by atoms with van der Waals surface area (Å²) in [6.07, 6.45) is 1.32. The van der Waals surface area contributed by atoms with E-state index in [1.165, 1.54) is 13.3 Å². The highest BCUT2D eigenvalue weighted by Crippen LogP contribution is 2.16. The van der Waals surface area contributed by atoms with E-state index in [0.717, 1.165) is 11.4 Å². The molecule has 0 radical (unpaired) electrons. The molecule has 0 aliphatic heterocycles. The van der Waals surface area contributed by atoms with E-state index < -0.39 is 5.97 Å². The summed E-state index contributed by atoms with van der Waals surface area (Å²) in [6.45, 7) is 4.82. The number of nitrogens with zero attached hydrogens (tertiary/aromatic N) is 1. The molecule has 20 heavy (non-hydrogen) atoms. The maximum Gasteiger partial charge on any atom is 0.350 e. The first kappa shape index (κ1) is 15.6. The summed E-state index contributed by atoms with van der Waals surface area (Å²) in [6, 6.07) is 9.02. The van der Waals surface area contributed by atoms with Gasteiger partial charge in [-0.3, -0.25) is 0 Å². The second-order valence-electron chi connectivity index (χ2n) is 4.53. The smallest absolute Gasteiger partial charge is 0.350 e. The molecule has 1 aromatic carbocycles. The van der Waals surface area contributed by atoms with Crippen LogP contribution in [0.2, 0.25) is 0 Å². The molecule has 0 aliphatic carbocycles. The van der Waals surface area contributed by atoms with Crippen molar-refractivity contribution in [3.63, 3.8) is 0 Å². The van der Waals surface area contributed by atoms with E-state index >= 15 is 0 Å². The van der Waals surface area contributed by atoms with Crippen LogP contribution in [0.3, 0.4) is 0 Å². The van der Waals surface area contributed by atoms with Crippen molar-refractivity contribution in [1.29, 1.82) is 5.26 Å². The molecule has 0 heterocycles. The van der Waals surface area contributed by atoms with Gasteiger partial charge in [0, 0.05) is 11.9 Å². The van der Waals surface area contributed by atoms with Crippen LogP contribution in [0.25, 0.3) is 0 Å². The van der Waals surface area contributed by atoms with E-state index in [1.54, 1.807) is 18.2 Å². The largest absolute Gasteiger partial charge is 0.493 e. The number of nitriles is 1. The molecule has 1 N–H and O–H groups in total. The van der Waals surface area contributed by atoms with Crippen molar-refractivity contribution in [2.75, 3.05) is 19.0 Å². The molecule has 0 unspecified atom stereocenters. The van der Waals surface area contributed by atoms with Crippen LogP contribution in [0.4, 0.5) is 5.69 Å². The van der Waals surface area contributed by atoms with Gasteiger partial charge in [0.05, 0.1) is 13.7 Å². The monoisotopic (exact) mass is 274 g/mol. The van der Waals surface area contributed by atoms with Gasteiger partial charge in [-0.25, -0.2) is 4.79 Å². The normalized spacial score (nSPS) is 10.8. The van der Waals surface area contributed by atoms with Crippen molar-refractivity contribution in [2.24, 2.45) is 5.92 Å². The van der Waals surface area contributed by atoms with Crippen molar-refractivity contribution in [2.45, 2.75) is 13.8 Å². The van der Waals surface area contributed by atoms with Gasteiger partial charge in [0.2, 0.25) is 0 Å². The Kier molecular flexibility index (Phi) is 6.11. The Labute approximate surface area is 118 Å². The van der Waals surface area contributed by atoms with Gasteiger partial charge in [-0.15, -0.1) is 0 Å². The third-order valence-electron chi connectivity index (χ3n) is 2.35. The van der Waals surface area contributed by atoms with Crippen molar-refractivity contribution < 1.29 is 14.3 Å². The molecular formula is C15H18N2O3. The van der Waals surface area contributed by atoms with Gasteiger partial charge in [0.25, 0.3) is 0 Å². The first-order valence-electron chi connectivity index (χ1n) is 6.24. The van der Waals surface area contributed by atoms with Gasteiger partial charge >= 0.3 is 5.97 Å². The Hall–Kier alpha value is -2.48. The number of esters is 1. The number of nitrogens with one attached hydrogen (secondary N) is 1. The molecule has 0 amide bonds. The molecule has 1 rings (SSSR count). The number of carbonyl (C=O) groups is 1. The summed E-state index contributed by atoms with van der Waals surface area (Å²) < 4.78 is 10.0. The van der Waals surface area contributed by atoms with Gasteiger partial charge in [0.15, 0.2) is 5.57 Å². The van der Waals surface area contributed by atoms with E-state index in [9.17, 15) is 4.79 Å². The molecule has 0 atom stereocenters. The SMILES string of the molecule is COC(=O)/C(C#N)=C\Nc1ccc(OCC(C)C)cc1. The number of rotatable bonds is 6. The Balaban J connectivity index is 2.64. The van der Waals surface area contributed by atoms with Crippen LogP contribution in [-0.2, 0) is 9.53 Å². The fourth-order valence-electron chi connectivity index (χ4n) is 1.31. The third kappa shape index (κ3) is 5.02. The number of anilines is 1. The number of hydrogen-bond donors (Lipinski definition) is 1. The number of benzene rings is 1. The van der Waals surface area contributed by atoms with Crippen molar-refractivity contribution in [1.82, 2.24) is 0 Å². The molecule has 0 fully saturated rings. The summed E-state index contributed by atoms with van der Waals surface area (Å²) in [7, 11) is 1.23. The summed E-state index contributed by atoms with van der Waals surface area (Å²) in [5.41, 5.74) is 0.659. The molecule has 0 spiro atoms. The van der Waals surface area contributed by atoms with Crippen molar-refractivity contribution in [3.8, 4) is 11.8 Å². The van der Waals surface area contributed by atoms with Crippen LogP contribution in [0.1, 0.15) is 13.8 Å². The fraction of sp³-hybridized carbons (Fsp3) is 0.333. The van der Waals surface area contributed by atoms with Crippen LogP contribution in [0, 0.1) is 17.2 Å². The zero-order valence-electron chi connectivity index (χ0n) is 11.8. The Bertz CT molecular complexity index is 513. The molecule has 0 bridgehead atoms. The molecule has 0 saturated carbocycles. The van der Waals surface area contributed by atoms with E-state index in [2.05, 4.69) is 23.9 Å². The molecular weight excluding hydrogens is 256 g/mol. The Morgan fingerprint density at radius 2 is 2.05 bits per heavy atom. The first-order chi connectivity index (χ1) is 9.56. The second-order valence-corrected chi connectivity index (χ2v) is 4.53. The lowest BCUT2D eigenvalue weighted by Gasteiger charge is -2.09. The maximum atomic E-state index is 11.2. The number of methoxy groups -OCH3 is 1. The Morgan fingerprint density at radius 1 is 1.40 bits per heavy atom. The molecule has 5 nitrogen and oxygen atoms in total. The minimum atomic E-state index is -0.670. The minimum absolute atomic E-state index is 0.0902. The zero-order chi connectivity index (χ0) is 15.0. The van der Waals surface area contributed by atoms with E-state index in [-0.39, 0.29) is 5.57 Å². The quantitative estimate of drug-likeness (QED) is 0.490. The fourth-order valence-corrected chi connectivity index (χ4v) is 1.31. The van der Waals surface area contributed by atoms with Crippen LogP contribution < -0.4 is 10.1 Å². The number of hydrogen-bond acceptors (Lipinski definition) is 5. The van der Waals surface area contributed by atoms with Crippen LogP contribution >= 0.6 is 0 Å². The number of ether oxygens (including phenoxy) is 2. The third-order valence-corrected chi connectivity index (χ3v) is 2.35. The maximum absolute atomic E-state index is 11.2. The second kappa shape index (κ2) is 7.85. The van der Waals surface area contributed by atoms with Crippen molar-refractivity contribution >= 4 is 11.7 Å². The molecule has 106 valence electrons. The Morgan fingerprint density at radius 3 is 2.55 bits per heavy atom. The standard InChI is InChI=1S/C15H18N2O3/c1-11(2)10-20-14-6-4-13(5-7-14)17-9-12(8-16)15(18)19-3/h4-7,9,11,17H,10H2,1-3H3/b12-9-. The molecule has 0 aromatic heterocycles. The summed E-state index contributed by atoms with van der Waals surface area (Å²) >= 11 is 0. The summed E-state index contributed by atoms with van der Waals surface area (Å²) in [5, 5.41) is 11.7. The number of carbonyl (C=O) groups excluding carboxylic acids is 1. The molecule has 5 heteroatoms. The lowest BCUT2D eigenvalue weighted by atomic mass is 10.2. The highest BCUT2D eigenvalue weighted by atomic mass is 16.5. The predicted molar refractivity (Wildman–Crippen MR) is 76.1 cm³/mol. The van der Waals surface area contributed by atoms with Gasteiger partial charge < -0.3 is 14.8 Å². The van der Waals surface area contributed by atoms with Gasteiger partial charge in [-0.2, -0.15) is 5.26 Å². The van der Waals surface area contributed by atoms with E-state index in [1.807, 2.05) is 12.1 Å². The van der Waals surface area contributed by atoms with Gasteiger partial charge in [0.1, 0.15) is 11.8 Å². The minimum Gasteiger partial charge on any atom is -0.493 e. The molecule has 0 aliphatic rings. The first-order valence-corrected chi connectivity index (χ1v) is 6.24. The van der Waals surface area contributed by atoms with Crippen molar-refractivity contribution in [3.05, 3.63) is 36.0 Å². The van der Waals surface area contributed by atoms with Gasteiger partial charge in [-0.1, -0.05) is 13.8 Å². The van der Waals surface area contributed by atoms with Gasteiger partial charge in [-0.05, 0) is 30.2 Å². The van der Waals surface area contributed by atoms with Crippen LogP contribution in [0.5, 0.6) is 5.75 Å². The van der Waals surface area contributed by atoms with Crippen LogP contribution in [-0.4, -0.2) is 19.7 Å². The highest BCUT2D eigenvalue weighted by molar-refractivity contribution is 5.92. The highest BCUT2D eigenvalue weighted by Gasteiger charge is 2.07. The molecule has 0 saturated heterocycles. The average molecular weight is 274 g/mol. The van der Waals surface area contributed by atoms with E-state index in [0.29, 0.717) is 12.5 Å². The topological polar surface area (TPSA) is 71.4 Å². The lowest BCUT2D eigenvalue weighted by Crippen LogP contribution is -2.05. The summed E-state index contributed by atoms with van der Waals surface area (Å²) in [4.78, 5) is 11.2. The zero-order valence-corrected chi connectivity index (χ0v) is 11.8.